The van der Waals surface area contributed by atoms with Gasteiger partial charge in [0, 0.05) is 13.2 Å². The Morgan fingerprint density at radius 1 is 1.37 bits per heavy atom. The molecule has 0 saturated heterocycles. The van der Waals surface area contributed by atoms with Gasteiger partial charge in [0.15, 0.2) is 5.75 Å². The molecule has 5 heteroatoms. The van der Waals surface area contributed by atoms with Gasteiger partial charge in [-0.1, -0.05) is 20.8 Å². The molecule has 5 nitrogen and oxygen atoms in total. The predicted molar refractivity (Wildman–Crippen MR) is 76.3 cm³/mol. The molecule has 1 heterocycles. The van der Waals surface area contributed by atoms with Crippen LogP contribution in [0.5, 0.6) is 5.75 Å². The first-order chi connectivity index (χ1) is 9.06. The lowest BCUT2D eigenvalue weighted by Gasteiger charge is -2.28. The van der Waals surface area contributed by atoms with Crippen LogP contribution in [0.2, 0.25) is 0 Å². The minimum absolute atomic E-state index is 0.0359. The molecule has 0 saturated carbocycles. The first kappa shape index (κ1) is 16.0. The third-order valence-corrected chi connectivity index (χ3v) is 3.19. The molecule has 110 valence electrons. The van der Waals surface area contributed by atoms with Crippen molar-refractivity contribution in [2.24, 2.45) is 11.7 Å². The topological polar surface area (TPSA) is 62.3 Å². The monoisotopic (exact) mass is 269 g/mol. The zero-order chi connectivity index (χ0) is 14.4. The summed E-state index contributed by atoms with van der Waals surface area (Å²) in [5.74, 6) is 1.08. The van der Waals surface area contributed by atoms with E-state index in [2.05, 4.69) is 25.9 Å². The van der Waals surface area contributed by atoms with Crippen molar-refractivity contribution in [3.05, 3.63) is 11.9 Å². The number of rotatable bonds is 8. The molecule has 0 radical (unpaired) electrons. The zero-order valence-corrected chi connectivity index (χ0v) is 12.7. The molecule has 1 rings (SSSR count). The smallest absolute Gasteiger partial charge is 0.161 e. The van der Waals surface area contributed by atoms with Crippen molar-refractivity contribution in [1.29, 1.82) is 0 Å². The largest absolute Gasteiger partial charge is 0.493 e. The van der Waals surface area contributed by atoms with Gasteiger partial charge < -0.3 is 15.2 Å². The average molecular weight is 269 g/mol. The summed E-state index contributed by atoms with van der Waals surface area (Å²) >= 11 is 0. The maximum Gasteiger partial charge on any atom is 0.161 e. The number of ether oxygens (including phenoxy) is 2. The van der Waals surface area contributed by atoms with Crippen LogP contribution in [0, 0.1) is 5.92 Å². The van der Waals surface area contributed by atoms with Crippen LogP contribution in [-0.2, 0) is 11.3 Å². The molecule has 1 aromatic heterocycles. The fourth-order valence-electron chi connectivity index (χ4n) is 2.32. The lowest BCUT2D eigenvalue weighted by Crippen LogP contribution is -2.35. The Kier molecular flexibility index (Phi) is 6.31. The summed E-state index contributed by atoms with van der Waals surface area (Å²) in [7, 11) is 1.65. The molecule has 2 unspecified atom stereocenters. The number of aromatic nitrogens is 2. The Labute approximate surface area is 116 Å². The number of nitrogens with two attached hydrogens (primary N) is 1. The highest BCUT2D eigenvalue weighted by molar-refractivity contribution is 5.29. The summed E-state index contributed by atoms with van der Waals surface area (Å²) in [5.41, 5.74) is 7.34. The number of methoxy groups -OCH3 is 1. The highest BCUT2D eigenvalue weighted by Gasteiger charge is 2.29. The maximum absolute atomic E-state index is 6.41. The van der Waals surface area contributed by atoms with Gasteiger partial charge in [-0.05, 0) is 19.3 Å². The van der Waals surface area contributed by atoms with Gasteiger partial charge in [0.2, 0.25) is 0 Å². The minimum atomic E-state index is -0.232. The molecule has 1 aromatic rings. The van der Waals surface area contributed by atoms with Crippen LogP contribution in [0.15, 0.2) is 6.20 Å². The fraction of sp³-hybridized carbons (Fsp3) is 0.786. The van der Waals surface area contributed by atoms with Crippen LogP contribution in [0.4, 0.5) is 0 Å². The van der Waals surface area contributed by atoms with Crippen molar-refractivity contribution >= 4 is 0 Å². The zero-order valence-electron chi connectivity index (χ0n) is 12.7. The van der Waals surface area contributed by atoms with E-state index in [9.17, 15) is 0 Å². The molecule has 0 aliphatic heterocycles. The molecule has 0 fully saturated rings. The Morgan fingerprint density at radius 3 is 2.53 bits per heavy atom. The van der Waals surface area contributed by atoms with Crippen LogP contribution >= 0.6 is 0 Å². The van der Waals surface area contributed by atoms with Crippen LogP contribution in [0.1, 0.15) is 45.9 Å². The Hall–Kier alpha value is -1.07. The van der Waals surface area contributed by atoms with Gasteiger partial charge in [0.25, 0.3) is 0 Å². The lowest BCUT2D eigenvalue weighted by atomic mass is 9.97. The number of nitrogens with zero attached hydrogens (tertiary/aromatic N) is 2. The Morgan fingerprint density at radius 2 is 2.05 bits per heavy atom. The van der Waals surface area contributed by atoms with E-state index in [0.29, 0.717) is 12.5 Å². The lowest BCUT2D eigenvalue weighted by molar-refractivity contribution is 0.00976. The molecule has 0 spiro atoms. The van der Waals surface area contributed by atoms with E-state index >= 15 is 0 Å². The molecule has 0 aliphatic rings. The van der Waals surface area contributed by atoms with Crippen molar-refractivity contribution < 1.29 is 9.47 Å². The van der Waals surface area contributed by atoms with E-state index in [0.717, 1.165) is 24.4 Å². The number of aryl methyl sites for hydroxylation is 1. The van der Waals surface area contributed by atoms with E-state index < -0.39 is 0 Å². The van der Waals surface area contributed by atoms with Crippen LogP contribution in [0.25, 0.3) is 0 Å². The van der Waals surface area contributed by atoms with Crippen LogP contribution in [-0.4, -0.2) is 29.6 Å². The van der Waals surface area contributed by atoms with Crippen LogP contribution in [0.3, 0.4) is 0 Å². The third-order valence-electron chi connectivity index (χ3n) is 3.19. The third kappa shape index (κ3) is 3.70. The van der Waals surface area contributed by atoms with Crippen molar-refractivity contribution in [2.75, 3.05) is 13.7 Å². The summed E-state index contributed by atoms with van der Waals surface area (Å²) in [4.78, 5) is 0. The van der Waals surface area contributed by atoms with Gasteiger partial charge in [0.05, 0.1) is 31.1 Å². The van der Waals surface area contributed by atoms with E-state index in [4.69, 9.17) is 15.2 Å². The van der Waals surface area contributed by atoms with Gasteiger partial charge in [-0.2, -0.15) is 5.10 Å². The van der Waals surface area contributed by atoms with E-state index in [1.165, 1.54) is 0 Å². The van der Waals surface area contributed by atoms with E-state index in [1.807, 2.05) is 11.6 Å². The van der Waals surface area contributed by atoms with Gasteiger partial charge in [-0.15, -0.1) is 0 Å². The van der Waals surface area contributed by atoms with Gasteiger partial charge >= 0.3 is 0 Å². The number of hydrogen-bond donors (Lipinski definition) is 1. The molecule has 0 bridgehead atoms. The maximum atomic E-state index is 6.41. The summed E-state index contributed by atoms with van der Waals surface area (Å²) in [6.07, 6.45) is 2.70. The Bertz CT molecular complexity index is 377. The van der Waals surface area contributed by atoms with Crippen LogP contribution < -0.4 is 10.5 Å². The molecule has 0 aromatic carbocycles. The van der Waals surface area contributed by atoms with Gasteiger partial charge in [0.1, 0.15) is 0 Å². The molecule has 19 heavy (non-hydrogen) atoms. The quantitative estimate of drug-likeness (QED) is 0.787. The normalized spacial score (nSPS) is 14.7. The fourth-order valence-corrected chi connectivity index (χ4v) is 2.32. The highest BCUT2D eigenvalue weighted by Crippen LogP contribution is 2.29. The van der Waals surface area contributed by atoms with E-state index in [-0.39, 0.29) is 12.1 Å². The van der Waals surface area contributed by atoms with Crippen molar-refractivity contribution in [3.63, 3.8) is 0 Å². The second kappa shape index (κ2) is 7.50. The summed E-state index contributed by atoms with van der Waals surface area (Å²) < 4.78 is 13.1. The molecule has 2 N–H and O–H groups in total. The molecule has 0 amide bonds. The summed E-state index contributed by atoms with van der Waals surface area (Å²) in [5, 5.41) is 4.36. The first-order valence-electron chi connectivity index (χ1n) is 7.03. The second-order valence-electron chi connectivity index (χ2n) is 5.01. The summed E-state index contributed by atoms with van der Waals surface area (Å²) in [6, 6.07) is -0.232. The van der Waals surface area contributed by atoms with Gasteiger partial charge in [-0.25, -0.2) is 0 Å². The van der Waals surface area contributed by atoms with Gasteiger partial charge in [-0.3, -0.25) is 4.68 Å². The Balaban J connectivity index is 3.06. The minimum Gasteiger partial charge on any atom is -0.493 e. The molecule has 0 aliphatic carbocycles. The second-order valence-corrected chi connectivity index (χ2v) is 5.01. The van der Waals surface area contributed by atoms with Crippen molar-refractivity contribution in [1.82, 2.24) is 9.78 Å². The first-order valence-corrected chi connectivity index (χ1v) is 7.03. The SMILES string of the molecule is CCCn1ncc(OC)c1C(N)C(OCC)C(C)C. The number of hydrogen-bond acceptors (Lipinski definition) is 4. The van der Waals surface area contributed by atoms with Crippen molar-refractivity contribution in [2.45, 2.75) is 52.8 Å². The highest BCUT2D eigenvalue weighted by atomic mass is 16.5. The molecule has 2 atom stereocenters. The molecular formula is C14H27N3O2. The molecular weight excluding hydrogens is 242 g/mol. The van der Waals surface area contributed by atoms with E-state index in [1.54, 1.807) is 13.3 Å². The predicted octanol–water partition coefficient (Wildman–Crippen LogP) is 2.36. The summed E-state index contributed by atoms with van der Waals surface area (Å²) in [6.45, 7) is 9.83. The average Bonchev–Trinajstić information content (AvgIpc) is 2.78. The van der Waals surface area contributed by atoms with Crippen molar-refractivity contribution in [3.8, 4) is 5.75 Å². The standard InChI is InChI=1S/C14H27N3O2/c1-6-8-17-13(11(18-5)9-16-17)12(15)14(10(3)4)19-7-2/h9-10,12,14H,6-8,15H2,1-5H3.